The van der Waals surface area contributed by atoms with E-state index in [1.165, 1.54) is 6.26 Å². The molecule has 2 heterocycles. The normalized spacial score (nSPS) is 10.4. The number of nitrogen functional groups attached to an aromatic ring is 1. The lowest BCUT2D eigenvalue weighted by atomic mass is 10.3. The predicted molar refractivity (Wildman–Crippen MR) is 36.2 cm³/mol. The molecule has 0 unspecified atom stereocenters. The summed E-state index contributed by atoms with van der Waals surface area (Å²) in [5, 5.41) is 8.15. The fraction of sp³-hybridized carbons (Fsp3) is 0. The van der Waals surface area contributed by atoms with Gasteiger partial charge < -0.3 is 10.2 Å². The maximum Gasteiger partial charge on any atom is 0.247 e. The van der Waals surface area contributed by atoms with Gasteiger partial charge in [-0.3, -0.25) is 0 Å². The lowest BCUT2D eigenvalue weighted by molar-refractivity contribution is 0.598. The summed E-state index contributed by atoms with van der Waals surface area (Å²) < 4.78 is 4.95. The van der Waals surface area contributed by atoms with Gasteiger partial charge in [-0.2, -0.15) is 5.10 Å². The Hall–Kier alpha value is -1.58. The van der Waals surface area contributed by atoms with Crippen molar-refractivity contribution in [3.8, 4) is 0 Å². The maximum atomic E-state index is 5.51. The number of fused-ring (bicyclic) bond motifs is 1. The van der Waals surface area contributed by atoms with Crippen LogP contribution in [0.4, 0.5) is 5.69 Å². The van der Waals surface area contributed by atoms with Gasteiger partial charge in [0.25, 0.3) is 0 Å². The molecule has 0 aliphatic carbocycles. The molecule has 0 bridgehead atoms. The number of aromatic nitrogens is 2. The fourth-order valence-corrected chi connectivity index (χ4v) is 0.808. The number of rotatable bonds is 0. The summed E-state index contributed by atoms with van der Waals surface area (Å²) in [5.41, 5.74) is 6.60. The zero-order valence-corrected chi connectivity index (χ0v) is 5.11. The predicted octanol–water partition coefficient (Wildman–Crippen LogP) is 0.805. The van der Waals surface area contributed by atoms with E-state index < -0.39 is 0 Å². The Morgan fingerprint density at radius 1 is 1.50 bits per heavy atom. The first-order valence-electron chi connectivity index (χ1n) is 2.82. The van der Waals surface area contributed by atoms with E-state index in [2.05, 4.69) is 10.2 Å². The van der Waals surface area contributed by atoms with E-state index in [0.29, 0.717) is 11.4 Å². The molecule has 2 aromatic rings. The zero-order valence-electron chi connectivity index (χ0n) is 5.11. The number of nitrogens with zero attached hydrogens (tertiary/aromatic N) is 2. The van der Waals surface area contributed by atoms with Crippen molar-refractivity contribution < 1.29 is 4.42 Å². The van der Waals surface area contributed by atoms with Gasteiger partial charge in [0.2, 0.25) is 5.71 Å². The van der Waals surface area contributed by atoms with E-state index in [-0.39, 0.29) is 0 Å². The first kappa shape index (κ1) is 5.22. The Kier molecular flexibility index (Phi) is 0.887. The molecule has 10 heavy (non-hydrogen) atoms. The monoisotopic (exact) mass is 135 g/mol. The van der Waals surface area contributed by atoms with E-state index in [4.69, 9.17) is 10.2 Å². The Labute approximate surface area is 56.7 Å². The Balaban J connectivity index is 2.93. The Morgan fingerprint density at radius 2 is 2.40 bits per heavy atom. The number of nitrogens with two attached hydrogens (primary N) is 1. The van der Waals surface area contributed by atoms with Crippen molar-refractivity contribution in [3.05, 3.63) is 18.5 Å². The second kappa shape index (κ2) is 1.70. The van der Waals surface area contributed by atoms with Crippen molar-refractivity contribution in [3.63, 3.8) is 0 Å². The molecule has 0 radical (unpaired) electrons. The van der Waals surface area contributed by atoms with Crippen molar-refractivity contribution in [2.24, 2.45) is 0 Å². The van der Waals surface area contributed by atoms with Gasteiger partial charge in [0.15, 0.2) is 0 Å². The van der Waals surface area contributed by atoms with Crippen LogP contribution in [0.2, 0.25) is 0 Å². The molecule has 4 nitrogen and oxygen atoms in total. The molecule has 0 aromatic carbocycles. The highest BCUT2D eigenvalue weighted by Crippen LogP contribution is 2.18. The average Bonchev–Trinajstić information content (AvgIpc) is 2.34. The molecule has 4 heteroatoms. The highest BCUT2D eigenvalue weighted by molar-refractivity contribution is 5.85. The molecule has 0 spiro atoms. The highest BCUT2D eigenvalue weighted by atomic mass is 16.3. The van der Waals surface area contributed by atoms with E-state index in [1.807, 2.05) is 0 Å². The first-order valence-corrected chi connectivity index (χ1v) is 2.82. The Bertz CT molecular complexity index is 355. The average molecular weight is 135 g/mol. The SMILES string of the molecule is Nc1coc2nnccc12. The molecule has 0 atom stereocenters. The quantitative estimate of drug-likeness (QED) is 0.580. The number of hydrogen-bond donors (Lipinski definition) is 1. The summed E-state index contributed by atoms with van der Waals surface area (Å²) in [5.74, 6) is 0. The number of furan rings is 1. The molecule has 0 amide bonds. The smallest absolute Gasteiger partial charge is 0.247 e. The fourth-order valence-electron chi connectivity index (χ4n) is 0.808. The largest absolute Gasteiger partial charge is 0.443 e. The lowest BCUT2D eigenvalue weighted by Crippen LogP contribution is -1.82. The van der Waals surface area contributed by atoms with Crippen LogP contribution in [0.1, 0.15) is 0 Å². The van der Waals surface area contributed by atoms with Gasteiger partial charge in [0, 0.05) is 0 Å². The minimum absolute atomic E-state index is 0.486. The van der Waals surface area contributed by atoms with Crippen LogP contribution in [0, 0.1) is 0 Å². The summed E-state index contributed by atoms with van der Waals surface area (Å²) in [6.45, 7) is 0. The molecule has 2 aromatic heterocycles. The molecule has 50 valence electrons. The third-order valence-corrected chi connectivity index (χ3v) is 1.30. The van der Waals surface area contributed by atoms with Gasteiger partial charge in [-0.1, -0.05) is 0 Å². The van der Waals surface area contributed by atoms with Crippen molar-refractivity contribution in [2.75, 3.05) is 5.73 Å². The van der Waals surface area contributed by atoms with Crippen molar-refractivity contribution >= 4 is 16.8 Å². The second-order valence-electron chi connectivity index (χ2n) is 1.94. The molecular weight excluding hydrogens is 130 g/mol. The molecule has 2 rings (SSSR count). The number of hydrogen-bond acceptors (Lipinski definition) is 4. The molecular formula is C6H5N3O. The van der Waals surface area contributed by atoms with E-state index in [9.17, 15) is 0 Å². The van der Waals surface area contributed by atoms with Crippen LogP contribution in [0.3, 0.4) is 0 Å². The van der Waals surface area contributed by atoms with E-state index in [1.54, 1.807) is 12.3 Å². The molecule has 0 aliphatic rings. The van der Waals surface area contributed by atoms with Crippen LogP contribution >= 0.6 is 0 Å². The molecule has 0 aliphatic heterocycles. The van der Waals surface area contributed by atoms with Gasteiger partial charge in [0.05, 0.1) is 17.3 Å². The summed E-state index contributed by atoms with van der Waals surface area (Å²) >= 11 is 0. The summed E-state index contributed by atoms with van der Waals surface area (Å²) in [6, 6.07) is 1.77. The Morgan fingerprint density at radius 3 is 3.20 bits per heavy atom. The zero-order chi connectivity index (χ0) is 6.97. The second-order valence-corrected chi connectivity index (χ2v) is 1.94. The van der Waals surface area contributed by atoms with Crippen molar-refractivity contribution in [1.82, 2.24) is 10.2 Å². The first-order chi connectivity index (χ1) is 4.88. The van der Waals surface area contributed by atoms with Crippen LogP contribution in [0.15, 0.2) is 22.9 Å². The van der Waals surface area contributed by atoms with Gasteiger partial charge in [-0.15, -0.1) is 5.10 Å². The van der Waals surface area contributed by atoms with Crippen LogP contribution in [-0.2, 0) is 0 Å². The molecule has 0 saturated carbocycles. The van der Waals surface area contributed by atoms with E-state index in [0.717, 1.165) is 5.39 Å². The van der Waals surface area contributed by atoms with Crippen LogP contribution in [0.25, 0.3) is 11.1 Å². The number of anilines is 1. The minimum Gasteiger partial charge on any atom is -0.443 e. The summed E-state index contributed by atoms with van der Waals surface area (Å²) in [7, 11) is 0. The summed E-state index contributed by atoms with van der Waals surface area (Å²) in [6.07, 6.45) is 3.04. The molecule has 0 fully saturated rings. The van der Waals surface area contributed by atoms with Gasteiger partial charge >= 0.3 is 0 Å². The third-order valence-electron chi connectivity index (χ3n) is 1.30. The standard InChI is InChI=1S/C6H5N3O/c7-5-3-10-6-4(5)1-2-8-9-6/h1-3H,7H2. The van der Waals surface area contributed by atoms with Crippen molar-refractivity contribution in [2.45, 2.75) is 0 Å². The van der Waals surface area contributed by atoms with Gasteiger partial charge in [0.1, 0.15) is 6.26 Å². The highest BCUT2D eigenvalue weighted by Gasteiger charge is 2.00. The summed E-state index contributed by atoms with van der Waals surface area (Å²) in [4.78, 5) is 0. The molecule has 2 N–H and O–H groups in total. The van der Waals surface area contributed by atoms with Gasteiger partial charge in [-0.05, 0) is 6.07 Å². The van der Waals surface area contributed by atoms with Gasteiger partial charge in [-0.25, -0.2) is 0 Å². The minimum atomic E-state index is 0.486. The lowest BCUT2D eigenvalue weighted by Gasteiger charge is -1.83. The van der Waals surface area contributed by atoms with Crippen LogP contribution < -0.4 is 5.73 Å². The van der Waals surface area contributed by atoms with Crippen LogP contribution in [0.5, 0.6) is 0 Å². The topological polar surface area (TPSA) is 64.9 Å². The van der Waals surface area contributed by atoms with Crippen molar-refractivity contribution in [1.29, 1.82) is 0 Å². The van der Waals surface area contributed by atoms with E-state index >= 15 is 0 Å². The molecule has 0 saturated heterocycles. The third kappa shape index (κ3) is 0.556. The maximum absolute atomic E-state index is 5.51. The van der Waals surface area contributed by atoms with Crippen LogP contribution in [-0.4, -0.2) is 10.2 Å².